The number of fused-ring (bicyclic) bond motifs is 2. The molecule has 4 rings (SSSR count). The minimum Gasteiger partial charge on any atom is -0.471 e. The molecule has 22 heavy (non-hydrogen) atoms. The van der Waals surface area contributed by atoms with E-state index in [4.69, 9.17) is 9.47 Å². The molecule has 0 amide bonds. The van der Waals surface area contributed by atoms with Crippen molar-refractivity contribution in [1.29, 1.82) is 0 Å². The Hall–Kier alpha value is -2.64. The molecule has 0 bridgehead atoms. The van der Waals surface area contributed by atoms with Crippen molar-refractivity contribution in [2.24, 2.45) is 0 Å². The summed E-state index contributed by atoms with van der Waals surface area (Å²) in [5.74, 6) is 2.00. The predicted molar refractivity (Wildman–Crippen MR) is 78.7 cm³/mol. The molecular formula is C15H15N3O4. The molecule has 0 radical (unpaired) electrons. The quantitative estimate of drug-likeness (QED) is 0.513. The van der Waals surface area contributed by atoms with Crippen molar-refractivity contribution >= 4 is 5.69 Å². The van der Waals surface area contributed by atoms with Gasteiger partial charge in [-0.25, -0.2) is 0 Å². The van der Waals surface area contributed by atoms with Crippen LogP contribution in [0.2, 0.25) is 0 Å². The van der Waals surface area contributed by atoms with Crippen LogP contribution in [0.1, 0.15) is 0 Å². The standard InChI is InChI=1S/C15H15N3O4/c19-15(20)9-3-4-16-11-6-13(18-14(9)11)22-8-1-2-12-10(5-8)17-7-21-12/h1-6,11,15-20H,7H2. The van der Waals surface area contributed by atoms with E-state index in [0.29, 0.717) is 29.6 Å². The van der Waals surface area contributed by atoms with Crippen LogP contribution in [0.15, 0.2) is 53.7 Å². The summed E-state index contributed by atoms with van der Waals surface area (Å²) in [7, 11) is 0. The van der Waals surface area contributed by atoms with Gasteiger partial charge in [0.1, 0.15) is 11.5 Å². The number of anilines is 1. The Balaban J connectivity index is 1.55. The van der Waals surface area contributed by atoms with Gasteiger partial charge in [0.25, 0.3) is 0 Å². The molecule has 0 fully saturated rings. The summed E-state index contributed by atoms with van der Waals surface area (Å²) in [6, 6.07) is 5.36. The molecule has 0 saturated carbocycles. The second-order valence-electron chi connectivity index (χ2n) is 5.10. The first-order chi connectivity index (χ1) is 10.7. The molecular weight excluding hydrogens is 286 g/mol. The zero-order valence-corrected chi connectivity index (χ0v) is 11.5. The molecule has 3 aliphatic rings. The van der Waals surface area contributed by atoms with Crippen LogP contribution in [-0.2, 0) is 0 Å². The minimum absolute atomic E-state index is 0.160. The zero-order valence-electron chi connectivity index (χ0n) is 11.5. The average molecular weight is 301 g/mol. The van der Waals surface area contributed by atoms with E-state index in [-0.39, 0.29) is 6.04 Å². The van der Waals surface area contributed by atoms with E-state index in [2.05, 4.69) is 16.0 Å². The maximum absolute atomic E-state index is 9.40. The predicted octanol–water partition coefficient (Wildman–Crippen LogP) is 0.322. The molecule has 1 unspecified atom stereocenters. The summed E-state index contributed by atoms with van der Waals surface area (Å²) >= 11 is 0. The number of hydrogen-bond acceptors (Lipinski definition) is 7. The van der Waals surface area contributed by atoms with Gasteiger partial charge in [0.2, 0.25) is 0 Å². The zero-order chi connectivity index (χ0) is 15.1. The number of aliphatic hydroxyl groups is 2. The number of rotatable bonds is 3. The highest BCUT2D eigenvalue weighted by molar-refractivity contribution is 5.62. The molecule has 1 aromatic rings. The molecule has 7 nitrogen and oxygen atoms in total. The van der Waals surface area contributed by atoms with E-state index in [1.807, 2.05) is 24.3 Å². The SMILES string of the molecule is OC(O)C1=C2NC(Oc3ccc4c(c3)NCO4)=CC2NC=C1. The highest BCUT2D eigenvalue weighted by atomic mass is 16.5. The fraction of sp³-hybridized carbons (Fsp3) is 0.200. The molecule has 0 aromatic heterocycles. The van der Waals surface area contributed by atoms with Crippen molar-refractivity contribution in [3.8, 4) is 11.5 Å². The number of ether oxygens (including phenoxy) is 2. The summed E-state index contributed by atoms with van der Waals surface area (Å²) in [4.78, 5) is 0. The van der Waals surface area contributed by atoms with Crippen LogP contribution in [0.4, 0.5) is 5.69 Å². The third-order valence-corrected chi connectivity index (χ3v) is 3.68. The highest BCUT2D eigenvalue weighted by Gasteiger charge is 2.28. The van der Waals surface area contributed by atoms with Gasteiger partial charge in [0.15, 0.2) is 18.9 Å². The molecule has 0 saturated heterocycles. The lowest BCUT2D eigenvalue weighted by atomic mass is 10.1. The lowest BCUT2D eigenvalue weighted by Gasteiger charge is -2.20. The lowest BCUT2D eigenvalue weighted by molar-refractivity contribution is -0.00633. The summed E-state index contributed by atoms with van der Waals surface area (Å²) in [5.41, 5.74) is 1.98. The summed E-state index contributed by atoms with van der Waals surface area (Å²) in [6.07, 6.45) is 3.62. The van der Waals surface area contributed by atoms with Crippen molar-refractivity contribution in [3.63, 3.8) is 0 Å². The van der Waals surface area contributed by atoms with Crippen molar-refractivity contribution in [3.05, 3.63) is 53.7 Å². The van der Waals surface area contributed by atoms with Gasteiger partial charge in [-0.2, -0.15) is 0 Å². The smallest absolute Gasteiger partial charge is 0.196 e. The molecule has 0 spiro atoms. The Morgan fingerprint density at radius 1 is 1.32 bits per heavy atom. The van der Waals surface area contributed by atoms with Gasteiger partial charge in [-0.15, -0.1) is 0 Å². The lowest BCUT2D eigenvalue weighted by Crippen LogP contribution is -2.32. The first kappa shape index (κ1) is 13.1. The van der Waals surface area contributed by atoms with Gasteiger partial charge in [-0.3, -0.25) is 0 Å². The van der Waals surface area contributed by atoms with Crippen LogP contribution in [0, 0.1) is 0 Å². The largest absolute Gasteiger partial charge is 0.471 e. The second-order valence-corrected chi connectivity index (χ2v) is 5.10. The van der Waals surface area contributed by atoms with E-state index in [0.717, 1.165) is 11.4 Å². The fourth-order valence-electron chi connectivity index (χ4n) is 2.64. The van der Waals surface area contributed by atoms with E-state index in [1.54, 1.807) is 12.3 Å². The van der Waals surface area contributed by atoms with Gasteiger partial charge in [-0.05, 0) is 24.4 Å². The van der Waals surface area contributed by atoms with Gasteiger partial charge in [-0.1, -0.05) is 0 Å². The van der Waals surface area contributed by atoms with E-state index < -0.39 is 6.29 Å². The van der Waals surface area contributed by atoms with Crippen molar-refractivity contribution in [2.45, 2.75) is 12.3 Å². The Morgan fingerprint density at radius 2 is 2.23 bits per heavy atom. The van der Waals surface area contributed by atoms with Crippen LogP contribution >= 0.6 is 0 Å². The van der Waals surface area contributed by atoms with Crippen molar-refractivity contribution in [1.82, 2.24) is 10.6 Å². The Morgan fingerprint density at radius 3 is 3.09 bits per heavy atom. The van der Waals surface area contributed by atoms with Crippen molar-refractivity contribution < 1.29 is 19.7 Å². The van der Waals surface area contributed by atoms with Crippen LogP contribution in [0.3, 0.4) is 0 Å². The highest BCUT2D eigenvalue weighted by Crippen LogP contribution is 2.33. The Bertz CT molecular complexity index is 709. The number of dihydropyridines is 1. The number of hydrogen-bond donors (Lipinski definition) is 5. The average Bonchev–Trinajstić information content (AvgIpc) is 3.11. The molecule has 1 atom stereocenters. The monoisotopic (exact) mass is 301 g/mol. The molecule has 7 heteroatoms. The Kier molecular flexibility index (Phi) is 2.95. The molecule has 1 aromatic carbocycles. The normalized spacial score (nSPS) is 21.4. The van der Waals surface area contributed by atoms with Gasteiger partial charge < -0.3 is 35.6 Å². The van der Waals surface area contributed by atoms with Crippen LogP contribution in [0.25, 0.3) is 0 Å². The number of benzene rings is 1. The Labute approximate surface area is 126 Å². The third kappa shape index (κ3) is 2.16. The van der Waals surface area contributed by atoms with Gasteiger partial charge >= 0.3 is 0 Å². The fourth-order valence-corrected chi connectivity index (χ4v) is 2.64. The summed E-state index contributed by atoms with van der Waals surface area (Å²) in [6.45, 7) is 0.460. The van der Waals surface area contributed by atoms with E-state index >= 15 is 0 Å². The second kappa shape index (κ2) is 4.97. The molecule has 3 aliphatic heterocycles. The van der Waals surface area contributed by atoms with E-state index in [9.17, 15) is 10.2 Å². The topological polar surface area (TPSA) is 95.0 Å². The number of nitrogens with one attached hydrogen (secondary N) is 3. The van der Waals surface area contributed by atoms with Crippen LogP contribution in [-0.4, -0.2) is 29.3 Å². The minimum atomic E-state index is -1.53. The maximum atomic E-state index is 9.40. The summed E-state index contributed by atoms with van der Waals surface area (Å²) in [5, 5.41) is 28.1. The van der Waals surface area contributed by atoms with E-state index in [1.165, 1.54) is 0 Å². The van der Waals surface area contributed by atoms with Crippen LogP contribution < -0.4 is 25.4 Å². The van der Waals surface area contributed by atoms with Crippen LogP contribution in [0.5, 0.6) is 11.5 Å². The first-order valence-electron chi connectivity index (χ1n) is 6.91. The molecule has 114 valence electrons. The number of aliphatic hydroxyl groups excluding tert-OH is 1. The van der Waals surface area contributed by atoms with Crippen molar-refractivity contribution in [2.75, 3.05) is 12.0 Å². The van der Waals surface area contributed by atoms with Gasteiger partial charge in [0, 0.05) is 17.7 Å². The van der Waals surface area contributed by atoms with Gasteiger partial charge in [0.05, 0.1) is 17.4 Å². The summed E-state index contributed by atoms with van der Waals surface area (Å²) < 4.78 is 11.2. The maximum Gasteiger partial charge on any atom is 0.196 e. The third-order valence-electron chi connectivity index (χ3n) is 3.68. The molecule has 0 aliphatic carbocycles. The molecule has 3 heterocycles. The first-order valence-corrected chi connectivity index (χ1v) is 6.91. The molecule has 5 N–H and O–H groups in total.